The summed E-state index contributed by atoms with van der Waals surface area (Å²) in [6.07, 6.45) is 0. The minimum absolute atomic E-state index is 0.226. The SMILES string of the molecule is Cc1ccc(C(=O)C2=NN(c3ccccc3)C(=O)C2(O)O)cc1. The Kier molecular flexibility index (Phi) is 3.55. The smallest absolute Gasteiger partial charge is 0.314 e. The Hall–Kier alpha value is -2.83. The lowest BCUT2D eigenvalue weighted by molar-refractivity contribution is -0.155. The standard InChI is InChI=1S/C17H14N2O4/c1-11-7-9-12(10-8-11)14(20)15-17(22,23)16(21)19(18-15)13-5-3-2-4-6-13/h2-10,22-23H,1H3. The molecule has 0 fully saturated rings. The van der Waals surface area contributed by atoms with Gasteiger partial charge >= 0.3 is 5.91 Å². The molecule has 2 aromatic rings. The fourth-order valence-electron chi connectivity index (χ4n) is 2.25. The van der Waals surface area contributed by atoms with Crippen LogP contribution in [0, 0.1) is 6.92 Å². The van der Waals surface area contributed by atoms with E-state index in [9.17, 15) is 19.8 Å². The van der Waals surface area contributed by atoms with Crippen LogP contribution in [0.3, 0.4) is 0 Å². The molecule has 0 saturated carbocycles. The van der Waals surface area contributed by atoms with Crippen molar-refractivity contribution in [2.75, 3.05) is 5.01 Å². The number of hydrogen-bond donors (Lipinski definition) is 2. The van der Waals surface area contributed by atoms with Crippen LogP contribution < -0.4 is 5.01 Å². The molecule has 0 radical (unpaired) electrons. The second-order valence-electron chi connectivity index (χ2n) is 5.27. The van der Waals surface area contributed by atoms with Gasteiger partial charge in [-0.3, -0.25) is 9.59 Å². The summed E-state index contributed by atoms with van der Waals surface area (Å²) in [5.74, 6) is -4.74. The Morgan fingerprint density at radius 2 is 1.65 bits per heavy atom. The van der Waals surface area contributed by atoms with E-state index in [0.29, 0.717) is 5.69 Å². The van der Waals surface area contributed by atoms with Crippen molar-refractivity contribution in [3.8, 4) is 0 Å². The van der Waals surface area contributed by atoms with Crippen molar-refractivity contribution in [1.82, 2.24) is 0 Å². The predicted molar refractivity (Wildman–Crippen MR) is 84.0 cm³/mol. The quantitative estimate of drug-likeness (QED) is 0.659. The number of carbonyl (C=O) groups excluding carboxylic acids is 2. The van der Waals surface area contributed by atoms with Crippen molar-refractivity contribution in [3.63, 3.8) is 0 Å². The van der Waals surface area contributed by atoms with Crippen molar-refractivity contribution in [2.45, 2.75) is 12.7 Å². The summed E-state index contributed by atoms with van der Waals surface area (Å²) in [6.45, 7) is 1.87. The monoisotopic (exact) mass is 310 g/mol. The van der Waals surface area contributed by atoms with Gasteiger partial charge in [0.1, 0.15) is 0 Å². The van der Waals surface area contributed by atoms with Gasteiger partial charge in [-0.2, -0.15) is 10.1 Å². The second kappa shape index (κ2) is 5.42. The summed E-state index contributed by atoms with van der Waals surface area (Å²) in [5, 5.41) is 24.8. The summed E-state index contributed by atoms with van der Waals surface area (Å²) in [4.78, 5) is 24.7. The summed E-state index contributed by atoms with van der Waals surface area (Å²) in [7, 11) is 0. The lowest BCUT2D eigenvalue weighted by atomic mass is 10.00. The summed E-state index contributed by atoms with van der Waals surface area (Å²) in [6, 6.07) is 14.8. The van der Waals surface area contributed by atoms with Gasteiger partial charge in [-0.25, -0.2) is 0 Å². The Morgan fingerprint density at radius 1 is 1.04 bits per heavy atom. The number of aryl methyl sites for hydroxylation is 1. The highest BCUT2D eigenvalue weighted by molar-refractivity contribution is 6.53. The van der Waals surface area contributed by atoms with Gasteiger partial charge in [0, 0.05) is 5.56 Å². The molecule has 1 amide bonds. The highest BCUT2D eigenvalue weighted by Crippen LogP contribution is 2.26. The van der Waals surface area contributed by atoms with E-state index in [2.05, 4.69) is 5.10 Å². The number of amides is 1. The number of hydrazone groups is 1. The third kappa shape index (κ3) is 2.54. The van der Waals surface area contributed by atoms with E-state index in [1.54, 1.807) is 54.6 Å². The van der Waals surface area contributed by atoms with Crippen LogP contribution in [0.2, 0.25) is 0 Å². The van der Waals surface area contributed by atoms with Crippen LogP contribution in [-0.2, 0) is 4.79 Å². The molecule has 2 aromatic carbocycles. The van der Waals surface area contributed by atoms with Crippen LogP contribution in [0.25, 0.3) is 0 Å². The van der Waals surface area contributed by atoms with E-state index < -0.39 is 23.2 Å². The van der Waals surface area contributed by atoms with Crippen molar-refractivity contribution >= 4 is 23.1 Å². The van der Waals surface area contributed by atoms with Gasteiger partial charge in [0.15, 0.2) is 5.71 Å². The van der Waals surface area contributed by atoms with Gasteiger partial charge in [0.25, 0.3) is 5.79 Å². The first-order chi connectivity index (χ1) is 10.9. The highest BCUT2D eigenvalue weighted by atomic mass is 16.5. The predicted octanol–water partition coefficient (Wildman–Crippen LogP) is 1.26. The zero-order valence-corrected chi connectivity index (χ0v) is 12.3. The molecule has 0 atom stereocenters. The minimum atomic E-state index is -2.95. The highest BCUT2D eigenvalue weighted by Gasteiger charge is 2.52. The lowest BCUT2D eigenvalue weighted by Crippen LogP contribution is -2.48. The number of ketones is 1. The van der Waals surface area contributed by atoms with Crippen molar-refractivity contribution in [1.29, 1.82) is 0 Å². The van der Waals surface area contributed by atoms with E-state index in [-0.39, 0.29) is 5.56 Å². The van der Waals surface area contributed by atoms with Gasteiger partial charge in [-0.15, -0.1) is 0 Å². The molecular formula is C17H14N2O4. The number of nitrogens with zero attached hydrogens (tertiary/aromatic N) is 2. The van der Waals surface area contributed by atoms with Crippen LogP contribution in [0.5, 0.6) is 0 Å². The molecule has 0 aromatic heterocycles. The van der Waals surface area contributed by atoms with Crippen LogP contribution in [0.15, 0.2) is 59.7 Å². The summed E-state index contributed by atoms with van der Waals surface area (Å²) >= 11 is 0. The average molecular weight is 310 g/mol. The normalized spacial score (nSPS) is 16.4. The van der Waals surface area contributed by atoms with Crippen LogP contribution >= 0.6 is 0 Å². The molecule has 0 saturated heterocycles. The topological polar surface area (TPSA) is 90.2 Å². The minimum Gasteiger partial charge on any atom is -0.353 e. The molecule has 0 unspecified atom stereocenters. The number of hydrogen-bond acceptors (Lipinski definition) is 5. The number of benzene rings is 2. The van der Waals surface area contributed by atoms with E-state index in [0.717, 1.165) is 10.6 Å². The van der Waals surface area contributed by atoms with Crippen LogP contribution in [-0.4, -0.2) is 33.4 Å². The number of para-hydroxylation sites is 1. The zero-order chi connectivity index (χ0) is 16.6. The van der Waals surface area contributed by atoms with Gasteiger partial charge in [0.05, 0.1) is 5.69 Å². The van der Waals surface area contributed by atoms with Gasteiger partial charge in [-0.1, -0.05) is 48.0 Å². The van der Waals surface area contributed by atoms with Crippen molar-refractivity contribution in [3.05, 3.63) is 65.7 Å². The molecule has 6 heteroatoms. The third-order valence-corrected chi connectivity index (χ3v) is 3.55. The maximum Gasteiger partial charge on any atom is 0.314 e. The lowest BCUT2D eigenvalue weighted by Gasteiger charge is -2.16. The Bertz CT molecular complexity index is 795. The first-order valence-corrected chi connectivity index (χ1v) is 6.96. The van der Waals surface area contributed by atoms with Crippen molar-refractivity contribution in [2.24, 2.45) is 5.10 Å². The summed E-state index contributed by atoms with van der Waals surface area (Å²) in [5.41, 5.74) is 0.910. The first-order valence-electron chi connectivity index (χ1n) is 6.96. The molecule has 6 nitrogen and oxygen atoms in total. The molecule has 0 aliphatic carbocycles. The van der Waals surface area contributed by atoms with Crippen LogP contribution in [0.1, 0.15) is 15.9 Å². The third-order valence-electron chi connectivity index (χ3n) is 3.55. The largest absolute Gasteiger partial charge is 0.353 e. The molecular weight excluding hydrogens is 296 g/mol. The Morgan fingerprint density at radius 3 is 2.26 bits per heavy atom. The van der Waals surface area contributed by atoms with Crippen molar-refractivity contribution < 1.29 is 19.8 Å². The van der Waals surface area contributed by atoms with Gasteiger partial charge in [0.2, 0.25) is 5.78 Å². The van der Waals surface area contributed by atoms with E-state index in [1.807, 2.05) is 6.92 Å². The number of carbonyl (C=O) groups is 2. The molecule has 3 rings (SSSR count). The second-order valence-corrected chi connectivity index (χ2v) is 5.27. The molecule has 0 bridgehead atoms. The van der Waals surface area contributed by atoms with Crippen LogP contribution in [0.4, 0.5) is 5.69 Å². The maximum absolute atomic E-state index is 12.5. The van der Waals surface area contributed by atoms with E-state index >= 15 is 0 Å². The first kappa shape index (κ1) is 15.1. The fraction of sp³-hybridized carbons (Fsp3) is 0.118. The van der Waals surface area contributed by atoms with Gasteiger partial charge < -0.3 is 10.2 Å². The average Bonchev–Trinajstić information content (AvgIpc) is 2.79. The van der Waals surface area contributed by atoms with E-state index in [1.165, 1.54) is 0 Å². The molecule has 116 valence electrons. The number of anilines is 1. The molecule has 1 heterocycles. The van der Waals surface area contributed by atoms with E-state index in [4.69, 9.17) is 0 Å². The summed E-state index contributed by atoms with van der Waals surface area (Å²) < 4.78 is 0. The Balaban J connectivity index is 2.01. The molecule has 1 aliphatic rings. The molecule has 0 spiro atoms. The number of rotatable bonds is 3. The number of aliphatic hydroxyl groups is 2. The Labute approximate surface area is 132 Å². The zero-order valence-electron chi connectivity index (χ0n) is 12.3. The fourth-order valence-corrected chi connectivity index (χ4v) is 2.25. The molecule has 2 N–H and O–H groups in total. The number of Topliss-reactive ketones (excluding diaryl/α,β-unsaturated/α-hetero) is 1. The molecule has 23 heavy (non-hydrogen) atoms. The maximum atomic E-state index is 12.5. The van der Waals surface area contributed by atoms with Gasteiger partial charge in [-0.05, 0) is 19.1 Å². The molecule has 1 aliphatic heterocycles.